The molecule has 1 amide bonds. The van der Waals surface area contributed by atoms with Gasteiger partial charge in [-0.15, -0.1) is 0 Å². The number of Topliss-reactive ketones (excluding diaryl/α,β-unsaturated/α-hetero) is 1. The van der Waals surface area contributed by atoms with Crippen molar-refractivity contribution in [1.29, 1.82) is 0 Å². The van der Waals surface area contributed by atoms with Gasteiger partial charge >= 0.3 is 0 Å². The van der Waals surface area contributed by atoms with Gasteiger partial charge in [0.05, 0.1) is 31.4 Å². The molecular weight excluding hydrogens is 410 g/mol. The van der Waals surface area contributed by atoms with Crippen LogP contribution in [-0.2, 0) is 14.3 Å². The number of rotatable bonds is 8. The van der Waals surface area contributed by atoms with E-state index in [1.54, 1.807) is 31.4 Å². The van der Waals surface area contributed by atoms with Crippen molar-refractivity contribution < 1.29 is 28.9 Å². The van der Waals surface area contributed by atoms with Gasteiger partial charge in [-0.25, -0.2) is 0 Å². The Bertz CT molecular complexity index is 1040. The van der Waals surface area contributed by atoms with Gasteiger partial charge in [0, 0.05) is 19.2 Å². The molecule has 0 aliphatic carbocycles. The summed E-state index contributed by atoms with van der Waals surface area (Å²) in [5.74, 6) is -0.363. The van der Waals surface area contributed by atoms with E-state index in [0.717, 1.165) is 5.56 Å². The summed E-state index contributed by atoms with van der Waals surface area (Å²) in [6, 6.07) is 11.6. The maximum Gasteiger partial charge on any atom is 0.295 e. The minimum Gasteiger partial charge on any atom is -0.507 e. The monoisotopic (exact) mass is 439 g/mol. The van der Waals surface area contributed by atoms with Crippen LogP contribution in [0.4, 0.5) is 0 Å². The number of aliphatic hydroxyl groups excluding tert-OH is 1. The molecule has 1 saturated heterocycles. The van der Waals surface area contributed by atoms with E-state index in [0.29, 0.717) is 22.6 Å². The lowest BCUT2D eigenvalue weighted by Crippen LogP contribution is -2.32. The molecule has 1 fully saturated rings. The molecule has 1 aliphatic rings. The zero-order valence-corrected chi connectivity index (χ0v) is 19.0. The molecule has 7 nitrogen and oxygen atoms in total. The van der Waals surface area contributed by atoms with Gasteiger partial charge in [0.25, 0.3) is 11.7 Å². The molecule has 0 radical (unpaired) electrons. The van der Waals surface area contributed by atoms with Gasteiger partial charge in [-0.1, -0.05) is 12.1 Å². The zero-order chi connectivity index (χ0) is 23.4. The lowest BCUT2D eigenvalue weighted by molar-refractivity contribution is -0.140. The predicted octanol–water partition coefficient (Wildman–Crippen LogP) is 3.86. The van der Waals surface area contributed by atoms with Gasteiger partial charge in [-0.2, -0.15) is 0 Å². The molecule has 0 aromatic heterocycles. The van der Waals surface area contributed by atoms with Crippen LogP contribution >= 0.6 is 0 Å². The van der Waals surface area contributed by atoms with E-state index < -0.39 is 17.7 Å². The lowest BCUT2D eigenvalue weighted by atomic mass is 9.93. The number of carbonyl (C=O) groups is 2. The van der Waals surface area contributed by atoms with Gasteiger partial charge in [-0.05, 0) is 62.2 Å². The second-order valence-electron chi connectivity index (χ2n) is 7.91. The van der Waals surface area contributed by atoms with Crippen LogP contribution in [0, 0.1) is 6.92 Å². The summed E-state index contributed by atoms with van der Waals surface area (Å²) in [5, 5.41) is 11.2. The fourth-order valence-electron chi connectivity index (χ4n) is 3.85. The number of benzene rings is 2. The summed E-state index contributed by atoms with van der Waals surface area (Å²) >= 11 is 0. The molecule has 170 valence electrons. The Morgan fingerprint density at radius 1 is 1.09 bits per heavy atom. The van der Waals surface area contributed by atoms with Crippen molar-refractivity contribution in [3.63, 3.8) is 0 Å². The number of ether oxygens (including phenoxy) is 3. The van der Waals surface area contributed by atoms with Crippen LogP contribution in [0.3, 0.4) is 0 Å². The highest BCUT2D eigenvalue weighted by Crippen LogP contribution is 2.40. The van der Waals surface area contributed by atoms with Gasteiger partial charge in [0.15, 0.2) is 0 Å². The SMILES string of the molecule is COCCN1C(=O)C(=O)/C(=C(/O)c2ccc(OC)cc2C)C1c1cccc(OC(C)C)c1. The van der Waals surface area contributed by atoms with E-state index in [1.807, 2.05) is 39.0 Å². The molecule has 0 bridgehead atoms. The second-order valence-corrected chi connectivity index (χ2v) is 7.91. The van der Waals surface area contributed by atoms with E-state index >= 15 is 0 Å². The summed E-state index contributed by atoms with van der Waals surface area (Å²) < 4.78 is 16.2. The molecule has 1 atom stereocenters. The van der Waals surface area contributed by atoms with Gasteiger partial charge in [0.2, 0.25) is 0 Å². The quantitative estimate of drug-likeness (QED) is 0.382. The molecule has 3 rings (SSSR count). The fourth-order valence-corrected chi connectivity index (χ4v) is 3.85. The van der Waals surface area contributed by atoms with Crippen LogP contribution in [0.1, 0.15) is 36.6 Å². The number of carbonyl (C=O) groups excluding carboxylic acids is 2. The summed E-state index contributed by atoms with van der Waals surface area (Å²) in [6.45, 7) is 6.12. The standard InChI is InChI=1S/C25H29NO6/c1-15(2)32-19-8-6-7-17(14-19)22-21(24(28)25(29)26(22)11-12-30-4)23(27)20-10-9-18(31-5)13-16(20)3/h6-10,13-15,22,27H,11-12H2,1-5H3/b23-21+. The van der Waals surface area contributed by atoms with E-state index in [1.165, 1.54) is 12.0 Å². The number of nitrogens with zero attached hydrogens (tertiary/aromatic N) is 1. The number of hydrogen-bond donors (Lipinski definition) is 1. The Morgan fingerprint density at radius 3 is 2.47 bits per heavy atom. The summed E-state index contributed by atoms with van der Waals surface area (Å²) in [6.07, 6.45) is -0.0351. The van der Waals surface area contributed by atoms with Crippen LogP contribution < -0.4 is 9.47 Å². The third-order valence-corrected chi connectivity index (χ3v) is 5.31. The lowest BCUT2D eigenvalue weighted by Gasteiger charge is -2.25. The number of aliphatic hydroxyl groups is 1. The van der Waals surface area contributed by atoms with Crippen LogP contribution in [0.15, 0.2) is 48.0 Å². The van der Waals surface area contributed by atoms with Crippen LogP contribution in [0.5, 0.6) is 11.5 Å². The topological polar surface area (TPSA) is 85.3 Å². The minimum absolute atomic E-state index is 0.0351. The highest BCUT2D eigenvalue weighted by molar-refractivity contribution is 6.46. The number of likely N-dealkylation sites (tertiary alicyclic amines) is 1. The van der Waals surface area contributed by atoms with Crippen LogP contribution in [0.2, 0.25) is 0 Å². The van der Waals surface area contributed by atoms with Gasteiger partial charge in [0.1, 0.15) is 17.3 Å². The van der Waals surface area contributed by atoms with E-state index in [-0.39, 0.29) is 30.6 Å². The van der Waals surface area contributed by atoms with Crippen LogP contribution in [-0.4, -0.2) is 55.2 Å². The first-order valence-electron chi connectivity index (χ1n) is 10.5. The van der Waals surface area contributed by atoms with Gasteiger partial charge in [-0.3, -0.25) is 9.59 Å². The Kier molecular flexibility index (Phi) is 7.20. The maximum atomic E-state index is 13.1. The van der Waals surface area contributed by atoms with E-state index in [9.17, 15) is 14.7 Å². The van der Waals surface area contributed by atoms with Crippen molar-refractivity contribution >= 4 is 17.4 Å². The molecule has 1 N–H and O–H groups in total. The average molecular weight is 440 g/mol. The number of hydrogen-bond acceptors (Lipinski definition) is 6. The first kappa shape index (κ1) is 23.3. The zero-order valence-electron chi connectivity index (χ0n) is 19.0. The maximum absolute atomic E-state index is 13.1. The number of aryl methyl sites for hydroxylation is 1. The number of amides is 1. The molecule has 1 heterocycles. The smallest absolute Gasteiger partial charge is 0.295 e. The Labute approximate surface area is 188 Å². The van der Waals surface area contributed by atoms with Crippen molar-refractivity contribution in [3.05, 3.63) is 64.7 Å². The highest BCUT2D eigenvalue weighted by Gasteiger charge is 2.46. The highest BCUT2D eigenvalue weighted by atomic mass is 16.5. The number of ketones is 1. The molecule has 2 aromatic carbocycles. The van der Waals surface area contributed by atoms with Crippen molar-refractivity contribution in [2.24, 2.45) is 0 Å². The average Bonchev–Trinajstić information content (AvgIpc) is 3.01. The Balaban J connectivity index is 2.17. The molecule has 1 unspecified atom stereocenters. The molecule has 32 heavy (non-hydrogen) atoms. The summed E-state index contributed by atoms with van der Waals surface area (Å²) in [5.41, 5.74) is 1.91. The first-order chi connectivity index (χ1) is 15.3. The van der Waals surface area contributed by atoms with Crippen LogP contribution in [0.25, 0.3) is 5.76 Å². The summed E-state index contributed by atoms with van der Waals surface area (Å²) in [4.78, 5) is 27.4. The fraction of sp³-hybridized carbons (Fsp3) is 0.360. The van der Waals surface area contributed by atoms with Crippen molar-refractivity contribution in [2.45, 2.75) is 32.9 Å². The predicted molar refractivity (Wildman–Crippen MR) is 121 cm³/mol. The third-order valence-electron chi connectivity index (χ3n) is 5.31. The van der Waals surface area contributed by atoms with E-state index in [4.69, 9.17) is 14.2 Å². The molecule has 1 aliphatic heterocycles. The van der Waals surface area contributed by atoms with Crippen molar-refractivity contribution in [3.8, 4) is 11.5 Å². The third kappa shape index (κ3) is 4.62. The Morgan fingerprint density at radius 2 is 1.84 bits per heavy atom. The normalized spacial score (nSPS) is 17.8. The number of methoxy groups -OCH3 is 2. The molecule has 2 aromatic rings. The largest absolute Gasteiger partial charge is 0.507 e. The first-order valence-corrected chi connectivity index (χ1v) is 10.5. The van der Waals surface area contributed by atoms with Crippen molar-refractivity contribution in [2.75, 3.05) is 27.4 Å². The molecule has 0 spiro atoms. The Hall–Kier alpha value is -3.32. The molecular formula is C25H29NO6. The summed E-state index contributed by atoms with van der Waals surface area (Å²) in [7, 11) is 3.09. The molecule has 0 saturated carbocycles. The van der Waals surface area contributed by atoms with Gasteiger partial charge < -0.3 is 24.2 Å². The van der Waals surface area contributed by atoms with E-state index in [2.05, 4.69) is 0 Å². The van der Waals surface area contributed by atoms with Crippen molar-refractivity contribution in [1.82, 2.24) is 4.90 Å². The second kappa shape index (κ2) is 9.87. The molecule has 7 heteroatoms. The minimum atomic E-state index is -0.762.